The van der Waals surface area contributed by atoms with Gasteiger partial charge >= 0.3 is 0 Å². The first kappa shape index (κ1) is 15.0. The van der Waals surface area contributed by atoms with Crippen LogP contribution in [0.4, 0.5) is 5.69 Å². The molecule has 0 saturated heterocycles. The summed E-state index contributed by atoms with van der Waals surface area (Å²) in [6, 6.07) is 7.61. The molecule has 1 rings (SSSR count). The largest absolute Gasteiger partial charge is 0.399 e. The van der Waals surface area contributed by atoms with Crippen LogP contribution in [0.25, 0.3) is 0 Å². The monoisotopic (exact) mass is 270 g/mol. The molecule has 0 aliphatic rings. The van der Waals surface area contributed by atoms with Gasteiger partial charge in [0.05, 0.1) is 5.25 Å². The van der Waals surface area contributed by atoms with Crippen LogP contribution >= 0.6 is 0 Å². The lowest BCUT2D eigenvalue weighted by molar-refractivity contribution is 0.245. The number of hydrogen-bond donors (Lipinski definition) is 1. The molecule has 0 heterocycles. The summed E-state index contributed by atoms with van der Waals surface area (Å²) in [6.07, 6.45) is 1.28. The summed E-state index contributed by atoms with van der Waals surface area (Å²) in [7, 11) is -1.09. The average molecular weight is 270 g/mol. The third kappa shape index (κ3) is 3.99. The van der Waals surface area contributed by atoms with E-state index < -0.39 is 9.84 Å². The van der Waals surface area contributed by atoms with Gasteiger partial charge in [-0.3, -0.25) is 4.90 Å². The van der Waals surface area contributed by atoms with Crippen molar-refractivity contribution in [2.24, 2.45) is 0 Å². The van der Waals surface area contributed by atoms with E-state index in [0.717, 1.165) is 11.3 Å². The van der Waals surface area contributed by atoms with Crippen molar-refractivity contribution < 1.29 is 8.42 Å². The number of nitrogen functional groups attached to an aromatic ring is 1. The second kappa shape index (κ2) is 5.71. The fourth-order valence-electron chi connectivity index (χ4n) is 1.84. The average Bonchev–Trinajstić information content (AvgIpc) is 2.25. The molecule has 18 heavy (non-hydrogen) atoms. The molecule has 0 saturated carbocycles. The van der Waals surface area contributed by atoms with Gasteiger partial charge < -0.3 is 5.73 Å². The van der Waals surface area contributed by atoms with Gasteiger partial charge in [0.1, 0.15) is 0 Å². The zero-order valence-corrected chi connectivity index (χ0v) is 12.2. The Hall–Kier alpha value is -1.07. The Morgan fingerprint density at radius 2 is 1.94 bits per heavy atom. The lowest BCUT2D eigenvalue weighted by Gasteiger charge is -2.28. The van der Waals surface area contributed by atoms with E-state index in [0.29, 0.717) is 6.54 Å². The molecule has 5 heteroatoms. The highest BCUT2D eigenvalue weighted by Crippen LogP contribution is 2.14. The molecule has 0 spiro atoms. The summed E-state index contributed by atoms with van der Waals surface area (Å²) in [6.45, 7) is 4.36. The predicted molar refractivity (Wildman–Crippen MR) is 76.1 cm³/mol. The maximum atomic E-state index is 11.5. The van der Waals surface area contributed by atoms with Crippen LogP contribution in [0.3, 0.4) is 0 Å². The fraction of sp³-hybridized carbons (Fsp3) is 0.538. The third-order valence-corrected chi connectivity index (χ3v) is 5.18. The lowest BCUT2D eigenvalue weighted by Crippen LogP contribution is -2.40. The van der Waals surface area contributed by atoms with E-state index in [2.05, 4.69) is 0 Å². The molecule has 0 aromatic heterocycles. The van der Waals surface area contributed by atoms with Gasteiger partial charge in [-0.25, -0.2) is 8.42 Å². The Morgan fingerprint density at radius 1 is 1.33 bits per heavy atom. The van der Waals surface area contributed by atoms with E-state index in [1.54, 1.807) is 6.92 Å². The molecule has 0 amide bonds. The Labute approximate surface area is 110 Å². The summed E-state index contributed by atoms with van der Waals surface area (Å²) in [5.74, 6) is 0. The molecule has 1 aromatic rings. The number of anilines is 1. The maximum Gasteiger partial charge on any atom is 0.151 e. The molecule has 0 aliphatic heterocycles. The van der Waals surface area contributed by atoms with Crippen molar-refractivity contribution in [1.82, 2.24) is 4.90 Å². The SMILES string of the molecule is CC(C(C)S(C)(=O)=O)N(C)Cc1cccc(N)c1. The second-order valence-electron chi connectivity index (χ2n) is 4.94. The molecular weight excluding hydrogens is 248 g/mol. The van der Waals surface area contributed by atoms with Gasteiger partial charge in [0.25, 0.3) is 0 Å². The van der Waals surface area contributed by atoms with E-state index >= 15 is 0 Å². The summed E-state index contributed by atoms with van der Waals surface area (Å²) >= 11 is 0. The zero-order chi connectivity index (χ0) is 13.9. The molecule has 0 aliphatic carbocycles. The van der Waals surface area contributed by atoms with Crippen LogP contribution in [0.1, 0.15) is 19.4 Å². The van der Waals surface area contributed by atoms with Crippen LogP contribution < -0.4 is 5.73 Å². The molecule has 2 unspecified atom stereocenters. The van der Waals surface area contributed by atoms with E-state index in [4.69, 9.17) is 5.73 Å². The minimum atomic E-state index is -3.01. The van der Waals surface area contributed by atoms with Crippen molar-refractivity contribution >= 4 is 15.5 Å². The zero-order valence-electron chi connectivity index (χ0n) is 11.4. The summed E-state index contributed by atoms with van der Waals surface area (Å²) in [5, 5.41) is -0.386. The Balaban J connectivity index is 2.74. The Morgan fingerprint density at radius 3 is 2.44 bits per heavy atom. The fourth-order valence-corrected chi connectivity index (χ4v) is 2.76. The van der Waals surface area contributed by atoms with Crippen molar-refractivity contribution in [2.45, 2.75) is 31.7 Å². The van der Waals surface area contributed by atoms with Gasteiger partial charge in [-0.2, -0.15) is 0 Å². The standard InChI is InChI=1S/C13H22N2O2S/c1-10(11(2)18(4,16)17)15(3)9-12-6-5-7-13(14)8-12/h5-8,10-11H,9,14H2,1-4H3. The minimum absolute atomic E-state index is 0.0403. The first-order chi connectivity index (χ1) is 8.21. The summed E-state index contributed by atoms with van der Waals surface area (Å²) in [4.78, 5) is 2.03. The van der Waals surface area contributed by atoms with Crippen LogP contribution in [0, 0.1) is 0 Å². The summed E-state index contributed by atoms with van der Waals surface area (Å²) in [5.41, 5.74) is 7.54. The number of hydrogen-bond acceptors (Lipinski definition) is 4. The van der Waals surface area contributed by atoms with E-state index in [1.807, 2.05) is 43.1 Å². The van der Waals surface area contributed by atoms with Crippen LogP contribution in [-0.2, 0) is 16.4 Å². The number of sulfone groups is 1. The Kier molecular flexibility index (Phi) is 4.76. The van der Waals surface area contributed by atoms with Gasteiger partial charge in [0.15, 0.2) is 9.84 Å². The van der Waals surface area contributed by atoms with Crippen molar-refractivity contribution in [3.8, 4) is 0 Å². The molecule has 0 radical (unpaired) electrons. The highest BCUT2D eigenvalue weighted by atomic mass is 32.2. The van der Waals surface area contributed by atoms with E-state index in [1.165, 1.54) is 6.26 Å². The highest BCUT2D eigenvalue weighted by Gasteiger charge is 2.25. The number of benzene rings is 1. The van der Waals surface area contributed by atoms with E-state index in [-0.39, 0.29) is 11.3 Å². The van der Waals surface area contributed by atoms with Crippen molar-refractivity contribution in [1.29, 1.82) is 0 Å². The highest BCUT2D eigenvalue weighted by molar-refractivity contribution is 7.91. The van der Waals surface area contributed by atoms with Crippen LogP contribution in [-0.4, -0.2) is 37.9 Å². The minimum Gasteiger partial charge on any atom is -0.399 e. The first-order valence-electron chi connectivity index (χ1n) is 5.95. The first-order valence-corrected chi connectivity index (χ1v) is 7.91. The number of rotatable bonds is 5. The quantitative estimate of drug-likeness (QED) is 0.824. The topological polar surface area (TPSA) is 63.4 Å². The van der Waals surface area contributed by atoms with Gasteiger partial charge in [0, 0.05) is 24.5 Å². The van der Waals surface area contributed by atoms with Crippen molar-refractivity contribution in [3.63, 3.8) is 0 Å². The number of nitrogens with two attached hydrogens (primary N) is 1. The third-order valence-electron chi connectivity index (χ3n) is 3.43. The summed E-state index contributed by atoms with van der Waals surface area (Å²) < 4.78 is 23.1. The smallest absolute Gasteiger partial charge is 0.151 e. The lowest BCUT2D eigenvalue weighted by atomic mass is 10.1. The predicted octanol–water partition coefficient (Wildman–Crippen LogP) is 1.52. The van der Waals surface area contributed by atoms with Crippen LogP contribution in [0.5, 0.6) is 0 Å². The molecule has 102 valence electrons. The van der Waals surface area contributed by atoms with Gasteiger partial charge in [0.2, 0.25) is 0 Å². The molecule has 1 aromatic carbocycles. The molecule has 2 N–H and O–H groups in total. The van der Waals surface area contributed by atoms with Crippen LogP contribution in [0.15, 0.2) is 24.3 Å². The molecule has 0 fully saturated rings. The van der Waals surface area contributed by atoms with Crippen molar-refractivity contribution in [2.75, 3.05) is 19.0 Å². The van der Waals surface area contributed by atoms with Gasteiger partial charge in [-0.05, 0) is 38.6 Å². The van der Waals surface area contributed by atoms with Gasteiger partial charge in [-0.1, -0.05) is 12.1 Å². The second-order valence-corrected chi connectivity index (χ2v) is 7.34. The Bertz CT molecular complexity index is 499. The molecular formula is C13H22N2O2S. The molecule has 4 nitrogen and oxygen atoms in total. The molecule has 0 bridgehead atoms. The normalized spacial score (nSPS) is 15.6. The van der Waals surface area contributed by atoms with Gasteiger partial charge in [-0.15, -0.1) is 0 Å². The van der Waals surface area contributed by atoms with Crippen LogP contribution in [0.2, 0.25) is 0 Å². The van der Waals surface area contributed by atoms with Crippen molar-refractivity contribution in [3.05, 3.63) is 29.8 Å². The maximum absolute atomic E-state index is 11.5. The molecule has 2 atom stereocenters. The number of nitrogens with zero attached hydrogens (tertiary/aromatic N) is 1. The van der Waals surface area contributed by atoms with E-state index in [9.17, 15) is 8.42 Å².